The van der Waals surface area contributed by atoms with Gasteiger partial charge < -0.3 is 0 Å². The number of carbonyl (C=O) groups is 2. The van der Waals surface area contributed by atoms with E-state index in [1.807, 2.05) is 6.08 Å². The molecule has 124 valence electrons. The van der Waals surface area contributed by atoms with Crippen LogP contribution in [0.15, 0.2) is 48.9 Å². The smallest absolute Gasteiger partial charge is 0.288 e. The van der Waals surface area contributed by atoms with Crippen molar-refractivity contribution in [3.63, 3.8) is 0 Å². The maximum absolute atomic E-state index is 13.0. The summed E-state index contributed by atoms with van der Waals surface area (Å²) in [5.41, 5.74) is 5.63. The van der Waals surface area contributed by atoms with Crippen molar-refractivity contribution in [2.45, 2.75) is 19.3 Å². The first-order valence-electron chi connectivity index (χ1n) is 7.67. The molecule has 6 nitrogen and oxygen atoms in total. The van der Waals surface area contributed by atoms with Gasteiger partial charge in [-0.15, -0.1) is 0 Å². The van der Waals surface area contributed by atoms with Crippen molar-refractivity contribution in [3.05, 3.63) is 60.5 Å². The van der Waals surface area contributed by atoms with Crippen LogP contribution < -0.4 is 10.9 Å². The van der Waals surface area contributed by atoms with E-state index in [0.717, 1.165) is 12.8 Å². The number of benzene rings is 1. The quantitative estimate of drug-likeness (QED) is 0.667. The van der Waals surface area contributed by atoms with Crippen LogP contribution in [-0.4, -0.2) is 21.4 Å². The minimum Gasteiger partial charge on any atom is -0.295 e. The van der Waals surface area contributed by atoms with Crippen molar-refractivity contribution < 1.29 is 14.0 Å². The van der Waals surface area contributed by atoms with Gasteiger partial charge in [-0.3, -0.25) is 25.0 Å². The fourth-order valence-corrected chi connectivity index (χ4v) is 2.62. The molecule has 1 heterocycles. The number of hydrogen-bond acceptors (Lipinski definition) is 3. The summed E-state index contributed by atoms with van der Waals surface area (Å²) < 4.78 is 14.5. The average molecular weight is 328 g/mol. The van der Waals surface area contributed by atoms with Crippen molar-refractivity contribution in [2.75, 3.05) is 0 Å². The van der Waals surface area contributed by atoms with Crippen molar-refractivity contribution in [1.82, 2.24) is 20.4 Å². The van der Waals surface area contributed by atoms with Crippen LogP contribution in [0.3, 0.4) is 0 Å². The van der Waals surface area contributed by atoms with Crippen LogP contribution >= 0.6 is 0 Å². The Morgan fingerprint density at radius 2 is 2.04 bits per heavy atom. The average Bonchev–Trinajstić information content (AvgIpc) is 3.25. The molecular weight excluding hydrogens is 311 g/mol. The molecule has 1 aliphatic rings. The zero-order valence-electron chi connectivity index (χ0n) is 12.9. The molecule has 0 fully saturated rings. The summed E-state index contributed by atoms with van der Waals surface area (Å²) >= 11 is 0. The van der Waals surface area contributed by atoms with E-state index in [9.17, 15) is 14.0 Å². The predicted octanol–water partition coefficient (Wildman–Crippen LogP) is 2.13. The van der Waals surface area contributed by atoms with Gasteiger partial charge in [0.15, 0.2) is 0 Å². The number of amides is 2. The Morgan fingerprint density at radius 1 is 1.25 bits per heavy atom. The van der Waals surface area contributed by atoms with E-state index < -0.39 is 5.91 Å². The van der Waals surface area contributed by atoms with Gasteiger partial charge in [0.2, 0.25) is 5.91 Å². The number of imidazole rings is 1. The second-order valence-corrected chi connectivity index (χ2v) is 5.60. The van der Waals surface area contributed by atoms with Crippen molar-refractivity contribution in [1.29, 1.82) is 0 Å². The Bertz CT molecular complexity index is 767. The lowest BCUT2D eigenvalue weighted by Gasteiger charge is -2.11. The molecule has 1 aliphatic carbocycles. The summed E-state index contributed by atoms with van der Waals surface area (Å²) in [7, 11) is 0. The number of rotatable bonds is 4. The molecule has 1 aromatic heterocycles. The Kier molecular flexibility index (Phi) is 4.69. The van der Waals surface area contributed by atoms with Crippen LogP contribution in [0.1, 0.15) is 29.8 Å². The highest BCUT2D eigenvalue weighted by atomic mass is 19.1. The highest BCUT2D eigenvalue weighted by molar-refractivity contribution is 5.94. The molecule has 7 heteroatoms. The lowest BCUT2D eigenvalue weighted by Crippen LogP contribution is -2.42. The normalized spacial score (nSPS) is 16.1. The van der Waals surface area contributed by atoms with Gasteiger partial charge in [-0.25, -0.2) is 9.37 Å². The van der Waals surface area contributed by atoms with Crippen molar-refractivity contribution >= 4 is 11.8 Å². The minimum atomic E-state index is -0.493. The van der Waals surface area contributed by atoms with Gasteiger partial charge in [0, 0.05) is 12.1 Å². The highest BCUT2D eigenvalue weighted by Crippen LogP contribution is 2.19. The van der Waals surface area contributed by atoms with Gasteiger partial charge >= 0.3 is 0 Å². The first kappa shape index (κ1) is 15.9. The Hall–Kier alpha value is -2.96. The Morgan fingerprint density at radius 3 is 2.75 bits per heavy atom. The Labute approximate surface area is 138 Å². The number of hydrazine groups is 1. The SMILES string of the molecule is O=C(C[C@H]1C=CCC1)NNC(=O)c1cncn1-c1ccc(F)cc1. The van der Waals surface area contributed by atoms with E-state index in [1.165, 1.54) is 29.2 Å². The number of nitrogens with zero attached hydrogens (tertiary/aromatic N) is 2. The van der Waals surface area contributed by atoms with Crippen LogP contribution in [0.5, 0.6) is 0 Å². The zero-order chi connectivity index (χ0) is 16.9. The number of nitrogens with one attached hydrogen (secondary N) is 2. The van der Waals surface area contributed by atoms with Gasteiger partial charge in [-0.1, -0.05) is 12.2 Å². The summed E-state index contributed by atoms with van der Waals surface area (Å²) in [5, 5.41) is 0. The van der Waals surface area contributed by atoms with Crippen molar-refractivity contribution in [3.8, 4) is 5.69 Å². The molecule has 0 unspecified atom stereocenters. The fourth-order valence-electron chi connectivity index (χ4n) is 2.62. The molecule has 0 spiro atoms. The molecule has 1 aromatic carbocycles. The van der Waals surface area contributed by atoms with E-state index in [0.29, 0.717) is 12.1 Å². The third-order valence-corrected chi connectivity index (χ3v) is 3.85. The largest absolute Gasteiger partial charge is 0.295 e. The third kappa shape index (κ3) is 3.68. The lowest BCUT2D eigenvalue weighted by atomic mass is 10.1. The maximum atomic E-state index is 13.0. The molecule has 2 aromatic rings. The first-order valence-corrected chi connectivity index (χ1v) is 7.67. The number of carbonyl (C=O) groups excluding carboxylic acids is 2. The summed E-state index contributed by atoms with van der Waals surface area (Å²) in [6, 6.07) is 5.68. The second-order valence-electron chi connectivity index (χ2n) is 5.60. The monoisotopic (exact) mass is 328 g/mol. The molecule has 0 radical (unpaired) electrons. The summed E-state index contributed by atoms with van der Waals surface area (Å²) in [6.07, 6.45) is 9.19. The van der Waals surface area contributed by atoms with Crippen LogP contribution in [0.2, 0.25) is 0 Å². The zero-order valence-corrected chi connectivity index (χ0v) is 12.9. The molecule has 3 rings (SSSR count). The molecule has 2 amide bonds. The van der Waals surface area contributed by atoms with Gasteiger partial charge in [0.1, 0.15) is 11.5 Å². The van der Waals surface area contributed by atoms with E-state index in [1.54, 1.807) is 12.1 Å². The lowest BCUT2D eigenvalue weighted by molar-refractivity contribution is -0.122. The van der Waals surface area contributed by atoms with Gasteiger partial charge in [-0.05, 0) is 43.0 Å². The second kappa shape index (κ2) is 7.08. The molecule has 0 saturated heterocycles. The standard InChI is InChI=1S/C17H17FN4O2/c18-13-5-7-14(8-6-13)22-11-19-10-15(22)17(24)21-20-16(23)9-12-3-1-2-4-12/h1,3,5-8,10-12H,2,4,9H2,(H,20,23)(H,21,24)/t12-/m0/s1. The molecular formula is C17H17FN4O2. The van der Waals surface area contributed by atoms with Gasteiger partial charge in [0.05, 0.1) is 12.5 Å². The fraction of sp³-hybridized carbons (Fsp3) is 0.235. The molecule has 24 heavy (non-hydrogen) atoms. The summed E-state index contributed by atoms with van der Waals surface area (Å²) in [6.45, 7) is 0. The van der Waals surface area contributed by atoms with Crippen molar-refractivity contribution in [2.24, 2.45) is 5.92 Å². The minimum absolute atomic E-state index is 0.228. The van der Waals surface area contributed by atoms with E-state index in [-0.39, 0.29) is 23.3 Å². The number of halogens is 1. The van der Waals surface area contributed by atoms with Crippen LogP contribution in [-0.2, 0) is 4.79 Å². The molecule has 2 N–H and O–H groups in total. The number of allylic oxidation sites excluding steroid dienone is 2. The summed E-state index contributed by atoms with van der Waals surface area (Å²) in [5.74, 6) is -0.871. The third-order valence-electron chi connectivity index (χ3n) is 3.85. The summed E-state index contributed by atoms with van der Waals surface area (Å²) in [4.78, 5) is 28.0. The van der Waals surface area contributed by atoms with Crippen LogP contribution in [0.4, 0.5) is 4.39 Å². The van der Waals surface area contributed by atoms with E-state index >= 15 is 0 Å². The van der Waals surface area contributed by atoms with Gasteiger partial charge in [-0.2, -0.15) is 0 Å². The van der Waals surface area contributed by atoms with E-state index in [4.69, 9.17) is 0 Å². The topological polar surface area (TPSA) is 76.0 Å². The van der Waals surface area contributed by atoms with Crippen LogP contribution in [0, 0.1) is 11.7 Å². The Balaban J connectivity index is 1.61. The maximum Gasteiger partial charge on any atom is 0.288 e. The highest BCUT2D eigenvalue weighted by Gasteiger charge is 2.16. The van der Waals surface area contributed by atoms with E-state index in [2.05, 4.69) is 21.9 Å². The number of aromatic nitrogens is 2. The molecule has 1 atom stereocenters. The molecule has 0 saturated carbocycles. The first-order chi connectivity index (χ1) is 11.6. The molecule has 0 bridgehead atoms. The van der Waals surface area contributed by atoms with Crippen LogP contribution in [0.25, 0.3) is 5.69 Å². The molecule has 0 aliphatic heterocycles. The van der Waals surface area contributed by atoms with Gasteiger partial charge in [0.25, 0.3) is 5.91 Å². The number of hydrogen-bond donors (Lipinski definition) is 2. The predicted molar refractivity (Wildman–Crippen MR) is 85.6 cm³/mol.